The van der Waals surface area contributed by atoms with Gasteiger partial charge in [-0.1, -0.05) is 6.58 Å². The van der Waals surface area contributed by atoms with Crippen LogP contribution in [0.15, 0.2) is 12.7 Å². The summed E-state index contributed by atoms with van der Waals surface area (Å²) in [5.41, 5.74) is 0. The van der Waals surface area contributed by atoms with E-state index in [2.05, 4.69) is 6.58 Å². The number of hydrogen-bond donors (Lipinski definition) is 0. The van der Waals surface area contributed by atoms with Gasteiger partial charge in [-0.3, -0.25) is 9.59 Å². The number of carbonyl (C=O) groups is 2. The molecule has 0 heterocycles. The maximum Gasteiger partial charge on any atom is 0.246 e. The van der Waals surface area contributed by atoms with Gasteiger partial charge in [0.05, 0.1) is 6.04 Å². The molecule has 0 aromatic rings. The molecule has 0 saturated carbocycles. The number of amides is 1. The first kappa shape index (κ1) is 10.9. The lowest BCUT2D eigenvalue weighted by Gasteiger charge is -2.24. The molecule has 3 heteroatoms. The second-order valence-corrected chi connectivity index (χ2v) is 2.62. The molecule has 0 radical (unpaired) electrons. The molecule has 1 atom stereocenters. The second kappa shape index (κ2) is 4.70. The Kier molecular flexibility index (Phi) is 4.26. The first-order chi connectivity index (χ1) is 5.54. The molecule has 12 heavy (non-hydrogen) atoms. The largest absolute Gasteiger partial charge is 0.330 e. The van der Waals surface area contributed by atoms with E-state index in [-0.39, 0.29) is 17.7 Å². The zero-order chi connectivity index (χ0) is 9.72. The predicted molar refractivity (Wildman–Crippen MR) is 47.7 cm³/mol. The summed E-state index contributed by atoms with van der Waals surface area (Å²) in [6.07, 6.45) is 1.23. The lowest BCUT2D eigenvalue weighted by Crippen LogP contribution is -2.41. The normalized spacial score (nSPS) is 11.9. The highest BCUT2D eigenvalue weighted by atomic mass is 16.2. The SMILES string of the molecule is C=CC(=O)N(CC)C(C)C(C)=O. The van der Waals surface area contributed by atoms with E-state index >= 15 is 0 Å². The van der Waals surface area contributed by atoms with Gasteiger partial charge >= 0.3 is 0 Å². The average molecular weight is 169 g/mol. The second-order valence-electron chi connectivity index (χ2n) is 2.62. The highest BCUT2D eigenvalue weighted by molar-refractivity contribution is 5.92. The van der Waals surface area contributed by atoms with Gasteiger partial charge in [-0.25, -0.2) is 0 Å². The molecule has 0 rings (SSSR count). The van der Waals surface area contributed by atoms with Crippen molar-refractivity contribution in [3.05, 3.63) is 12.7 Å². The molecule has 1 unspecified atom stereocenters. The van der Waals surface area contributed by atoms with Crippen molar-refractivity contribution in [1.82, 2.24) is 4.90 Å². The first-order valence-electron chi connectivity index (χ1n) is 3.98. The van der Waals surface area contributed by atoms with Gasteiger partial charge in [0, 0.05) is 6.54 Å². The highest BCUT2D eigenvalue weighted by Gasteiger charge is 2.18. The summed E-state index contributed by atoms with van der Waals surface area (Å²) in [6.45, 7) is 8.93. The predicted octanol–water partition coefficient (Wildman–Crippen LogP) is 0.998. The first-order valence-corrected chi connectivity index (χ1v) is 3.98. The number of carbonyl (C=O) groups excluding carboxylic acids is 2. The topological polar surface area (TPSA) is 37.4 Å². The van der Waals surface area contributed by atoms with Gasteiger partial charge in [0.2, 0.25) is 5.91 Å². The Balaban J connectivity index is 4.43. The molecule has 0 bridgehead atoms. The Morgan fingerprint density at radius 3 is 2.33 bits per heavy atom. The van der Waals surface area contributed by atoms with Crippen LogP contribution in [0, 0.1) is 0 Å². The molecule has 0 aliphatic carbocycles. The Labute approximate surface area is 73.1 Å². The molecule has 68 valence electrons. The molecule has 0 aromatic carbocycles. The van der Waals surface area contributed by atoms with Crippen LogP contribution < -0.4 is 0 Å². The summed E-state index contributed by atoms with van der Waals surface area (Å²) in [6, 6.07) is -0.347. The van der Waals surface area contributed by atoms with Gasteiger partial charge < -0.3 is 4.90 Å². The van der Waals surface area contributed by atoms with Crippen molar-refractivity contribution in [2.24, 2.45) is 0 Å². The summed E-state index contributed by atoms with van der Waals surface area (Å²) < 4.78 is 0. The Bertz CT molecular complexity index is 199. The van der Waals surface area contributed by atoms with Crippen molar-refractivity contribution in [3.8, 4) is 0 Å². The van der Waals surface area contributed by atoms with Gasteiger partial charge in [-0.15, -0.1) is 0 Å². The van der Waals surface area contributed by atoms with Gasteiger partial charge in [0.1, 0.15) is 0 Å². The third-order valence-electron chi connectivity index (χ3n) is 1.85. The molecule has 0 aromatic heterocycles. The minimum Gasteiger partial charge on any atom is -0.330 e. The van der Waals surface area contributed by atoms with Gasteiger partial charge in [0.15, 0.2) is 5.78 Å². The van der Waals surface area contributed by atoms with Gasteiger partial charge in [0.25, 0.3) is 0 Å². The van der Waals surface area contributed by atoms with Crippen molar-refractivity contribution < 1.29 is 9.59 Å². The smallest absolute Gasteiger partial charge is 0.246 e. The van der Waals surface area contributed by atoms with Crippen LogP contribution in [0.1, 0.15) is 20.8 Å². The third-order valence-corrected chi connectivity index (χ3v) is 1.85. The average Bonchev–Trinajstić information content (AvgIpc) is 2.05. The van der Waals surface area contributed by atoms with E-state index in [1.54, 1.807) is 6.92 Å². The van der Waals surface area contributed by atoms with Crippen LogP contribution in [0.5, 0.6) is 0 Å². The number of nitrogens with zero attached hydrogens (tertiary/aromatic N) is 1. The molecule has 3 nitrogen and oxygen atoms in total. The van der Waals surface area contributed by atoms with Crippen molar-refractivity contribution >= 4 is 11.7 Å². The van der Waals surface area contributed by atoms with Crippen LogP contribution in [-0.4, -0.2) is 29.2 Å². The molecule has 0 saturated heterocycles. The van der Waals surface area contributed by atoms with Crippen LogP contribution in [0.2, 0.25) is 0 Å². The van der Waals surface area contributed by atoms with E-state index in [0.717, 1.165) is 0 Å². The Morgan fingerprint density at radius 2 is 2.08 bits per heavy atom. The Hall–Kier alpha value is -1.12. The quantitative estimate of drug-likeness (QED) is 0.589. The number of hydrogen-bond acceptors (Lipinski definition) is 2. The lowest BCUT2D eigenvalue weighted by molar-refractivity contribution is -0.134. The van der Waals surface area contributed by atoms with Crippen molar-refractivity contribution in [1.29, 1.82) is 0 Å². The van der Waals surface area contributed by atoms with E-state index in [4.69, 9.17) is 0 Å². The van der Waals surface area contributed by atoms with Crippen molar-refractivity contribution in [2.75, 3.05) is 6.54 Å². The van der Waals surface area contributed by atoms with E-state index in [1.165, 1.54) is 17.9 Å². The number of rotatable bonds is 4. The standard InChI is InChI=1S/C9H15NO2/c1-5-9(12)10(6-2)7(3)8(4)11/h5,7H,1,6H2,2-4H3. The molecule has 0 N–H and O–H groups in total. The highest BCUT2D eigenvalue weighted by Crippen LogP contribution is 2.00. The van der Waals surface area contributed by atoms with Crippen LogP contribution in [0.25, 0.3) is 0 Å². The lowest BCUT2D eigenvalue weighted by atomic mass is 10.2. The fraction of sp³-hybridized carbons (Fsp3) is 0.556. The molecule has 1 amide bonds. The fourth-order valence-electron chi connectivity index (χ4n) is 0.957. The van der Waals surface area contributed by atoms with Crippen LogP contribution >= 0.6 is 0 Å². The number of ketones is 1. The van der Waals surface area contributed by atoms with E-state index in [1.807, 2.05) is 6.92 Å². The maximum absolute atomic E-state index is 11.1. The molecular weight excluding hydrogens is 154 g/mol. The fourth-order valence-corrected chi connectivity index (χ4v) is 0.957. The summed E-state index contributed by atoms with van der Waals surface area (Å²) in [4.78, 5) is 23.6. The number of likely N-dealkylation sites (N-methyl/N-ethyl adjacent to an activating group) is 1. The van der Waals surface area contributed by atoms with Crippen LogP contribution in [-0.2, 0) is 9.59 Å². The zero-order valence-electron chi connectivity index (χ0n) is 7.83. The summed E-state index contributed by atoms with van der Waals surface area (Å²) in [5.74, 6) is -0.202. The van der Waals surface area contributed by atoms with E-state index in [0.29, 0.717) is 6.54 Å². The maximum atomic E-state index is 11.1. The summed E-state index contributed by atoms with van der Waals surface area (Å²) >= 11 is 0. The van der Waals surface area contributed by atoms with Gasteiger partial charge in [-0.05, 0) is 26.8 Å². The minimum absolute atomic E-state index is 0.00736. The molecular formula is C9H15NO2. The van der Waals surface area contributed by atoms with Gasteiger partial charge in [-0.2, -0.15) is 0 Å². The third kappa shape index (κ3) is 2.49. The Morgan fingerprint density at radius 1 is 1.58 bits per heavy atom. The molecule has 0 aliphatic rings. The van der Waals surface area contributed by atoms with Crippen LogP contribution in [0.4, 0.5) is 0 Å². The molecule has 0 fully saturated rings. The molecule has 0 aliphatic heterocycles. The van der Waals surface area contributed by atoms with Crippen LogP contribution in [0.3, 0.4) is 0 Å². The minimum atomic E-state index is -0.347. The monoisotopic (exact) mass is 169 g/mol. The summed E-state index contributed by atoms with van der Waals surface area (Å²) in [5, 5.41) is 0. The zero-order valence-corrected chi connectivity index (χ0v) is 7.83. The number of Topliss-reactive ketones (excluding diaryl/α,β-unsaturated/α-hetero) is 1. The van der Waals surface area contributed by atoms with E-state index in [9.17, 15) is 9.59 Å². The van der Waals surface area contributed by atoms with Crippen molar-refractivity contribution in [2.45, 2.75) is 26.8 Å². The van der Waals surface area contributed by atoms with Crippen molar-refractivity contribution in [3.63, 3.8) is 0 Å². The van der Waals surface area contributed by atoms with E-state index < -0.39 is 0 Å². The summed E-state index contributed by atoms with van der Waals surface area (Å²) in [7, 11) is 0. The molecule has 0 spiro atoms.